The first-order valence-corrected chi connectivity index (χ1v) is 9.31. The quantitative estimate of drug-likeness (QED) is 0.534. The van der Waals surface area contributed by atoms with E-state index in [2.05, 4.69) is 20.4 Å². The van der Waals surface area contributed by atoms with Crippen molar-refractivity contribution in [1.82, 2.24) is 15.1 Å². The summed E-state index contributed by atoms with van der Waals surface area (Å²) in [6.45, 7) is 3.92. The summed E-state index contributed by atoms with van der Waals surface area (Å²) in [6.07, 6.45) is 1.33. The number of rotatable bonds is 4. The predicted octanol–water partition coefficient (Wildman–Crippen LogP) is 4.87. The smallest absolute Gasteiger partial charge is 0.263 e. The SMILES string of the molecule is Cc1cc(C)nc(-c2csc(NC(=O)c3cnoc3-c3ccc(F)cc3)n2)c1. The first-order chi connectivity index (χ1) is 13.5. The second-order valence-electron chi connectivity index (χ2n) is 6.24. The highest BCUT2D eigenvalue weighted by atomic mass is 32.1. The van der Waals surface area contributed by atoms with Crippen molar-refractivity contribution in [2.24, 2.45) is 0 Å². The van der Waals surface area contributed by atoms with Gasteiger partial charge in [-0.05, 0) is 55.8 Å². The number of halogens is 1. The van der Waals surface area contributed by atoms with Crippen LogP contribution in [0.1, 0.15) is 21.6 Å². The second-order valence-corrected chi connectivity index (χ2v) is 7.10. The van der Waals surface area contributed by atoms with E-state index in [0.717, 1.165) is 17.0 Å². The lowest BCUT2D eigenvalue weighted by atomic mass is 10.1. The Labute approximate surface area is 164 Å². The van der Waals surface area contributed by atoms with Crippen LogP contribution in [0.4, 0.5) is 9.52 Å². The van der Waals surface area contributed by atoms with Gasteiger partial charge in [-0.25, -0.2) is 9.37 Å². The van der Waals surface area contributed by atoms with Crippen molar-refractivity contribution >= 4 is 22.4 Å². The molecule has 0 aliphatic rings. The summed E-state index contributed by atoms with van der Waals surface area (Å²) in [5.74, 6) is -0.510. The monoisotopic (exact) mass is 394 g/mol. The number of benzene rings is 1. The minimum Gasteiger partial charge on any atom is -0.355 e. The van der Waals surface area contributed by atoms with Gasteiger partial charge in [-0.1, -0.05) is 5.16 Å². The first-order valence-electron chi connectivity index (χ1n) is 8.43. The van der Waals surface area contributed by atoms with E-state index < -0.39 is 5.91 Å². The van der Waals surface area contributed by atoms with E-state index in [-0.39, 0.29) is 17.1 Å². The summed E-state index contributed by atoms with van der Waals surface area (Å²) >= 11 is 1.30. The van der Waals surface area contributed by atoms with Crippen LogP contribution in [0.15, 0.2) is 52.5 Å². The number of nitrogens with zero attached hydrogens (tertiary/aromatic N) is 3. The molecule has 0 fully saturated rings. The van der Waals surface area contributed by atoms with Crippen molar-refractivity contribution < 1.29 is 13.7 Å². The molecule has 28 heavy (non-hydrogen) atoms. The Morgan fingerprint density at radius 3 is 2.64 bits per heavy atom. The van der Waals surface area contributed by atoms with Gasteiger partial charge in [0.1, 0.15) is 17.1 Å². The van der Waals surface area contributed by atoms with Crippen molar-refractivity contribution in [3.05, 3.63) is 70.6 Å². The number of hydrogen-bond acceptors (Lipinski definition) is 6. The molecule has 4 rings (SSSR count). The van der Waals surface area contributed by atoms with Gasteiger partial charge < -0.3 is 4.52 Å². The minimum absolute atomic E-state index is 0.243. The fourth-order valence-corrected chi connectivity index (χ4v) is 3.50. The largest absolute Gasteiger partial charge is 0.355 e. The van der Waals surface area contributed by atoms with Gasteiger partial charge in [0, 0.05) is 16.6 Å². The maximum Gasteiger partial charge on any atom is 0.263 e. The molecule has 0 unspecified atom stereocenters. The molecular weight excluding hydrogens is 379 g/mol. The third-order valence-electron chi connectivity index (χ3n) is 4.01. The Bertz CT molecular complexity index is 1130. The number of nitrogens with one attached hydrogen (secondary N) is 1. The highest BCUT2D eigenvalue weighted by Gasteiger charge is 2.19. The normalized spacial score (nSPS) is 10.8. The van der Waals surface area contributed by atoms with Crippen LogP contribution < -0.4 is 5.32 Å². The molecule has 0 atom stereocenters. The van der Waals surface area contributed by atoms with Crippen LogP contribution in [-0.2, 0) is 0 Å². The highest BCUT2D eigenvalue weighted by molar-refractivity contribution is 7.14. The number of anilines is 1. The Morgan fingerprint density at radius 1 is 1.11 bits per heavy atom. The summed E-state index contributed by atoms with van der Waals surface area (Å²) < 4.78 is 18.3. The Kier molecular flexibility index (Phi) is 4.70. The molecule has 0 spiro atoms. The third kappa shape index (κ3) is 3.67. The molecule has 1 amide bonds. The molecule has 0 saturated heterocycles. The average Bonchev–Trinajstić information content (AvgIpc) is 3.31. The summed E-state index contributed by atoms with van der Waals surface area (Å²) in [4.78, 5) is 21.6. The number of pyridine rings is 1. The molecule has 0 bridgehead atoms. The van der Waals surface area contributed by atoms with Crippen molar-refractivity contribution in [3.8, 4) is 22.7 Å². The van der Waals surface area contributed by atoms with Crippen molar-refractivity contribution in [2.45, 2.75) is 13.8 Å². The summed E-state index contributed by atoms with van der Waals surface area (Å²) in [5.41, 5.74) is 4.25. The van der Waals surface area contributed by atoms with Crippen LogP contribution in [0.25, 0.3) is 22.7 Å². The number of thiazole rings is 1. The van der Waals surface area contributed by atoms with Crippen LogP contribution in [-0.4, -0.2) is 21.0 Å². The van der Waals surface area contributed by atoms with Crippen LogP contribution in [0.2, 0.25) is 0 Å². The van der Waals surface area contributed by atoms with Gasteiger partial charge in [0.2, 0.25) is 0 Å². The van der Waals surface area contributed by atoms with Gasteiger partial charge >= 0.3 is 0 Å². The molecule has 1 N–H and O–H groups in total. The zero-order valence-electron chi connectivity index (χ0n) is 15.1. The van der Waals surface area contributed by atoms with Gasteiger partial charge in [-0.3, -0.25) is 15.1 Å². The van der Waals surface area contributed by atoms with Crippen molar-refractivity contribution in [2.75, 3.05) is 5.32 Å². The van der Waals surface area contributed by atoms with Gasteiger partial charge in [0.15, 0.2) is 10.9 Å². The van der Waals surface area contributed by atoms with E-state index in [1.807, 2.05) is 31.4 Å². The third-order valence-corrected chi connectivity index (χ3v) is 4.76. The lowest BCUT2D eigenvalue weighted by molar-refractivity contribution is 0.102. The Morgan fingerprint density at radius 2 is 1.89 bits per heavy atom. The number of hydrogen-bond donors (Lipinski definition) is 1. The molecule has 4 aromatic rings. The average molecular weight is 394 g/mol. The van der Waals surface area contributed by atoms with E-state index in [1.165, 1.54) is 41.8 Å². The fourth-order valence-electron chi connectivity index (χ4n) is 2.80. The fraction of sp³-hybridized carbons (Fsp3) is 0.100. The predicted molar refractivity (Wildman–Crippen MR) is 105 cm³/mol. The molecule has 0 radical (unpaired) electrons. The zero-order chi connectivity index (χ0) is 19.7. The summed E-state index contributed by atoms with van der Waals surface area (Å²) in [6, 6.07) is 9.58. The molecule has 3 heterocycles. The molecule has 140 valence electrons. The second kappa shape index (κ2) is 7.32. The molecular formula is C20H15FN4O2S. The van der Waals surface area contributed by atoms with E-state index in [0.29, 0.717) is 16.4 Å². The lowest BCUT2D eigenvalue weighted by Gasteiger charge is -2.02. The standard InChI is InChI=1S/C20H15FN4O2S/c1-11-7-12(2)23-16(8-11)17-10-28-20(24-17)25-19(26)15-9-22-27-18(15)13-3-5-14(21)6-4-13/h3-10H,1-2H3,(H,24,25,26). The van der Waals surface area contributed by atoms with E-state index >= 15 is 0 Å². The zero-order valence-corrected chi connectivity index (χ0v) is 15.9. The molecule has 6 nitrogen and oxygen atoms in total. The van der Waals surface area contributed by atoms with E-state index in [9.17, 15) is 9.18 Å². The van der Waals surface area contributed by atoms with Crippen molar-refractivity contribution in [1.29, 1.82) is 0 Å². The van der Waals surface area contributed by atoms with Gasteiger partial charge in [-0.15, -0.1) is 11.3 Å². The number of carbonyl (C=O) groups is 1. The number of aromatic nitrogens is 3. The molecule has 0 aliphatic carbocycles. The highest BCUT2D eigenvalue weighted by Crippen LogP contribution is 2.27. The van der Waals surface area contributed by atoms with Gasteiger partial charge in [-0.2, -0.15) is 0 Å². The summed E-state index contributed by atoms with van der Waals surface area (Å²) in [7, 11) is 0. The minimum atomic E-state index is -0.408. The Hall–Kier alpha value is -3.39. The van der Waals surface area contributed by atoms with Crippen molar-refractivity contribution in [3.63, 3.8) is 0 Å². The van der Waals surface area contributed by atoms with Crippen LogP contribution in [0.3, 0.4) is 0 Å². The van der Waals surface area contributed by atoms with Gasteiger partial charge in [0.25, 0.3) is 5.91 Å². The number of carbonyl (C=O) groups excluding carboxylic acids is 1. The van der Waals surface area contributed by atoms with Gasteiger partial charge in [0.05, 0.1) is 11.9 Å². The van der Waals surface area contributed by atoms with E-state index in [4.69, 9.17) is 4.52 Å². The van der Waals surface area contributed by atoms with Crippen LogP contribution in [0, 0.1) is 19.7 Å². The van der Waals surface area contributed by atoms with Crippen LogP contribution in [0.5, 0.6) is 0 Å². The Balaban J connectivity index is 1.56. The summed E-state index contributed by atoms with van der Waals surface area (Å²) in [5, 5.41) is 8.73. The molecule has 0 saturated carbocycles. The maximum atomic E-state index is 13.1. The number of amides is 1. The van der Waals surface area contributed by atoms with Crippen LogP contribution >= 0.6 is 11.3 Å². The van der Waals surface area contributed by atoms with E-state index in [1.54, 1.807) is 0 Å². The molecule has 0 aliphatic heterocycles. The molecule has 1 aromatic carbocycles. The lowest BCUT2D eigenvalue weighted by Crippen LogP contribution is -2.11. The first kappa shape index (κ1) is 18.0. The number of aryl methyl sites for hydroxylation is 2. The topological polar surface area (TPSA) is 80.9 Å². The molecule has 8 heteroatoms. The maximum absolute atomic E-state index is 13.1. The molecule has 3 aromatic heterocycles.